The number of thiocarbonyl (C=S) groups is 1. The molecular weight excluding hydrogens is 320 g/mol. The van der Waals surface area contributed by atoms with E-state index >= 15 is 0 Å². The summed E-state index contributed by atoms with van der Waals surface area (Å²) in [5.74, 6) is 0.591. The number of hydrogen-bond acceptors (Lipinski definition) is 3. The molecule has 0 bridgehead atoms. The largest absolute Gasteiger partial charge is 0.489 e. The molecule has 0 aliphatic carbocycles. The van der Waals surface area contributed by atoms with Gasteiger partial charge in [-0.1, -0.05) is 49.1 Å². The fourth-order valence-corrected chi connectivity index (χ4v) is 2.30. The van der Waals surface area contributed by atoms with Crippen LogP contribution < -0.4 is 15.4 Å². The van der Waals surface area contributed by atoms with Crippen LogP contribution in [0.15, 0.2) is 67.3 Å². The zero-order chi connectivity index (χ0) is 17.2. The lowest BCUT2D eigenvalue weighted by molar-refractivity contribution is -0.119. The Labute approximate surface area is 147 Å². The third-order valence-corrected chi connectivity index (χ3v) is 3.40. The highest BCUT2D eigenvalue weighted by atomic mass is 32.1. The normalized spacial score (nSPS) is 9.83. The molecule has 0 unspecified atom stereocenters. The van der Waals surface area contributed by atoms with Crippen LogP contribution in [0.4, 0.5) is 5.69 Å². The predicted octanol–water partition coefficient (Wildman–Crippen LogP) is 3.70. The summed E-state index contributed by atoms with van der Waals surface area (Å²) in [6.45, 7) is 4.04. The van der Waals surface area contributed by atoms with Gasteiger partial charge >= 0.3 is 0 Å². The fourth-order valence-electron chi connectivity index (χ4n) is 2.07. The Morgan fingerprint density at radius 1 is 1.17 bits per heavy atom. The minimum Gasteiger partial charge on any atom is -0.489 e. The van der Waals surface area contributed by atoms with Crippen LogP contribution in [0, 0.1) is 0 Å². The first-order valence-electron chi connectivity index (χ1n) is 7.66. The van der Waals surface area contributed by atoms with Crippen LogP contribution in [-0.2, 0) is 11.2 Å². The Bertz CT molecular complexity index is 702. The molecule has 2 rings (SSSR count). The van der Waals surface area contributed by atoms with E-state index in [1.54, 1.807) is 6.08 Å². The minimum atomic E-state index is -0.115. The van der Waals surface area contributed by atoms with E-state index in [2.05, 4.69) is 17.2 Å². The zero-order valence-corrected chi connectivity index (χ0v) is 14.1. The molecule has 1 amide bonds. The molecule has 2 N–H and O–H groups in total. The second-order valence-corrected chi connectivity index (χ2v) is 5.52. The smallest absolute Gasteiger partial charge is 0.226 e. The van der Waals surface area contributed by atoms with Crippen molar-refractivity contribution in [3.05, 3.63) is 72.8 Å². The number of benzene rings is 2. The molecule has 24 heavy (non-hydrogen) atoms. The molecule has 0 fully saturated rings. The number of nitrogens with one attached hydrogen (secondary N) is 2. The van der Waals surface area contributed by atoms with Crippen LogP contribution in [0.25, 0.3) is 0 Å². The molecule has 0 saturated carbocycles. The summed E-state index contributed by atoms with van der Waals surface area (Å²) >= 11 is 5.17. The van der Waals surface area contributed by atoms with Crippen molar-refractivity contribution in [2.45, 2.75) is 12.8 Å². The Hall–Kier alpha value is -2.66. The number of aryl methyl sites for hydroxylation is 1. The van der Waals surface area contributed by atoms with Gasteiger partial charge in [0.2, 0.25) is 5.91 Å². The molecule has 0 saturated heterocycles. The molecule has 0 aromatic heterocycles. The summed E-state index contributed by atoms with van der Waals surface area (Å²) in [5.41, 5.74) is 1.88. The van der Waals surface area contributed by atoms with E-state index in [0.29, 0.717) is 25.2 Å². The van der Waals surface area contributed by atoms with Crippen LogP contribution in [0.3, 0.4) is 0 Å². The van der Waals surface area contributed by atoms with E-state index in [-0.39, 0.29) is 11.0 Å². The van der Waals surface area contributed by atoms with Crippen molar-refractivity contribution in [1.29, 1.82) is 0 Å². The van der Waals surface area contributed by atoms with Gasteiger partial charge in [-0.2, -0.15) is 0 Å². The van der Waals surface area contributed by atoms with E-state index < -0.39 is 0 Å². The predicted molar refractivity (Wildman–Crippen MR) is 101 cm³/mol. The first-order chi connectivity index (χ1) is 11.7. The van der Waals surface area contributed by atoms with Crippen molar-refractivity contribution < 1.29 is 9.53 Å². The Balaban J connectivity index is 1.79. The van der Waals surface area contributed by atoms with E-state index in [9.17, 15) is 4.79 Å². The van der Waals surface area contributed by atoms with E-state index in [4.69, 9.17) is 17.0 Å². The van der Waals surface area contributed by atoms with Crippen LogP contribution in [0.5, 0.6) is 5.75 Å². The number of carbonyl (C=O) groups excluding carboxylic acids is 1. The molecular formula is C19H20N2O2S. The second-order valence-electron chi connectivity index (χ2n) is 5.12. The number of ether oxygens (including phenoxy) is 1. The lowest BCUT2D eigenvalue weighted by Crippen LogP contribution is -2.34. The topological polar surface area (TPSA) is 50.4 Å². The van der Waals surface area contributed by atoms with Gasteiger partial charge in [-0.15, -0.1) is 0 Å². The molecule has 0 spiro atoms. The van der Waals surface area contributed by atoms with Crippen molar-refractivity contribution in [2.24, 2.45) is 0 Å². The number of anilines is 1. The summed E-state index contributed by atoms with van der Waals surface area (Å²) in [5, 5.41) is 5.94. The van der Waals surface area contributed by atoms with E-state index in [0.717, 1.165) is 11.3 Å². The second kappa shape index (κ2) is 9.47. The lowest BCUT2D eigenvalue weighted by atomic mass is 10.1. The van der Waals surface area contributed by atoms with E-state index in [1.165, 1.54) is 0 Å². The maximum absolute atomic E-state index is 12.0. The van der Waals surface area contributed by atoms with Gasteiger partial charge < -0.3 is 15.4 Å². The summed E-state index contributed by atoms with van der Waals surface area (Å²) < 4.78 is 5.46. The molecule has 0 atom stereocenters. The minimum absolute atomic E-state index is 0.115. The van der Waals surface area contributed by atoms with Gasteiger partial charge in [-0.05, 0) is 36.3 Å². The highest BCUT2D eigenvalue weighted by Crippen LogP contribution is 2.17. The van der Waals surface area contributed by atoms with Gasteiger partial charge in [0.15, 0.2) is 5.11 Å². The first kappa shape index (κ1) is 17.7. The molecule has 0 aliphatic rings. The summed E-state index contributed by atoms with van der Waals surface area (Å²) in [6.07, 6.45) is 2.74. The van der Waals surface area contributed by atoms with Crippen LogP contribution >= 0.6 is 12.2 Å². The quantitative estimate of drug-likeness (QED) is 0.596. The molecule has 5 heteroatoms. The molecule has 2 aromatic carbocycles. The SMILES string of the molecule is C=CCOc1cccc(NC(=S)NC(=O)CCc2ccccc2)c1. The van der Waals surface area contributed by atoms with Crippen molar-refractivity contribution in [3.63, 3.8) is 0 Å². The molecule has 0 heterocycles. The van der Waals surface area contributed by atoms with Gasteiger partial charge in [0.1, 0.15) is 12.4 Å². The monoisotopic (exact) mass is 340 g/mol. The fraction of sp³-hybridized carbons (Fsp3) is 0.158. The van der Waals surface area contributed by atoms with Gasteiger partial charge in [0.25, 0.3) is 0 Å². The Morgan fingerprint density at radius 2 is 1.96 bits per heavy atom. The number of rotatable bonds is 7. The third-order valence-electron chi connectivity index (χ3n) is 3.20. The highest BCUT2D eigenvalue weighted by molar-refractivity contribution is 7.80. The van der Waals surface area contributed by atoms with E-state index in [1.807, 2.05) is 54.6 Å². The average Bonchev–Trinajstić information content (AvgIpc) is 2.59. The van der Waals surface area contributed by atoms with Crippen LogP contribution in [-0.4, -0.2) is 17.6 Å². The first-order valence-corrected chi connectivity index (χ1v) is 8.06. The molecule has 2 aromatic rings. The number of carbonyl (C=O) groups is 1. The molecule has 0 radical (unpaired) electrons. The van der Waals surface area contributed by atoms with Crippen LogP contribution in [0.1, 0.15) is 12.0 Å². The van der Waals surface area contributed by atoms with Gasteiger partial charge in [0, 0.05) is 18.2 Å². The summed E-state index contributed by atoms with van der Waals surface area (Å²) in [6, 6.07) is 17.2. The number of amides is 1. The maximum Gasteiger partial charge on any atom is 0.226 e. The van der Waals surface area contributed by atoms with Crippen LogP contribution in [0.2, 0.25) is 0 Å². The average molecular weight is 340 g/mol. The lowest BCUT2D eigenvalue weighted by Gasteiger charge is -2.11. The molecule has 4 nitrogen and oxygen atoms in total. The summed E-state index contributed by atoms with van der Waals surface area (Å²) in [7, 11) is 0. The Morgan fingerprint density at radius 3 is 2.71 bits per heavy atom. The van der Waals surface area contributed by atoms with Gasteiger partial charge in [-0.25, -0.2) is 0 Å². The number of hydrogen-bond donors (Lipinski definition) is 2. The molecule has 124 valence electrons. The van der Waals surface area contributed by atoms with Crippen molar-refractivity contribution in [2.75, 3.05) is 11.9 Å². The highest BCUT2D eigenvalue weighted by Gasteiger charge is 2.06. The standard InChI is InChI=1S/C19H20N2O2S/c1-2-13-23-17-10-6-9-16(14-17)20-19(24)21-18(22)12-11-15-7-4-3-5-8-15/h2-10,14H,1,11-13H2,(H2,20,21,22,24). The van der Waals surface area contributed by atoms with Crippen molar-refractivity contribution in [3.8, 4) is 5.75 Å². The van der Waals surface area contributed by atoms with Crippen molar-refractivity contribution in [1.82, 2.24) is 5.32 Å². The zero-order valence-electron chi connectivity index (χ0n) is 13.3. The maximum atomic E-state index is 12.0. The molecule has 0 aliphatic heterocycles. The van der Waals surface area contributed by atoms with Gasteiger partial charge in [-0.3, -0.25) is 4.79 Å². The Kier molecular flexibility index (Phi) is 6.98. The third kappa shape index (κ3) is 6.22. The summed E-state index contributed by atoms with van der Waals surface area (Å²) in [4.78, 5) is 12.0. The van der Waals surface area contributed by atoms with Gasteiger partial charge in [0.05, 0.1) is 0 Å². The van der Waals surface area contributed by atoms with Crippen molar-refractivity contribution >= 4 is 28.9 Å².